The minimum atomic E-state index is 0.172. The van der Waals surface area contributed by atoms with Crippen molar-refractivity contribution in [2.24, 2.45) is 5.10 Å². The summed E-state index contributed by atoms with van der Waals surface area (Å²) in [5.41, 5.74) is 9.99. The zero-order chi connectivity index (χ0) is 19.4. The topological polar surface area (TPSA) is 46.5 Å². The highest BCUT2D eigenvalue weighted by atomic mass is 32.1. The summed E-state index contributed by atoms with van der Waals surface area (Å²) >= 11 is 1.55. The first-order valence-corrected chi connectivity index (χ1v) is 9.90. The molecular formula is C22H25N3OS. The van der Waals surface area contributed by atoms with Gasteiger partial charge >= 0.3 is 0 Å². The van der Waals surface area contributed by atoms with Crippen LogP contribution >= 0.6 is 11.3 Å². The van der Waals surface area contributed by atoms with Gasteiger partial charge in [-0.05, 0) is 75.6 Å². The summed E-state index contributed by atoms with van der Waals surface area (Å²) in [6, 6.07) is 12.3. The highest BCUT2D eigenvalue weighted by Crippen LogP contribution is 2.31. The van der Waals surface area contributed by atoms with Gasteiger partial charge in [-0.25, -0.2) is 4.98 Å². The number of hydrogen-bond donors (Lipinski definition) is 1. The van der Waals surface area contributed by atoms with Crippen molar-refractivity contribution in [3.63, 3.8) is 0 Å². The van der Waals surface area contributed by atoms with Gasteiger partial charge in [-0.15, -0.1) is 11.3 Å². The minimum absolute atomic E-state index is 0.172. The predicted octanol–water partition coefficient (Wildman–Crippen LogP) is 5.97. The predicted molar refractivity (Wildman–Crippen MR) is 115 cm³/mol. The Morgan fingerprint density at radius 2 is 1.74 bits per heavy atom. The molecule has 4 nitrogen and oxygen atoms in total. The van der Waals surface area contributed by atoms with Crippen molar-refractivity contribution in [3.8, 4) is 17.0 Å². The molecule has 0 aliphatic rings. The van der Waals surface area contributed by atoms with Crippen molar-refractivity contribution >= 4 is 22.7 Å². The Labute approximate surface area is 164 Å². The third-order valence-corrected chi connectivity index (χ3v) is 4.81. The van der Waals surface area contributed by atoms with E-state index in [4.69, 9.17) is 4.74 Å². The second kappa shape index (κ2) is 8.35. The highest BCUT2D eigenvalue weighted by molar-refractivity contribution is 7.14. The van der Waals surface area contributed by atoms with Crippen molar-refractivity contribution in [1.82, 2.24) is 4.98 Å². The lowest BCUT2D eigenvalue weighted by molar-refractivity contribution is 0.242. The standard InChI is InChI=1S/C22H25N3OS/c1-14(2)26-19-8-6-18(7-9-19)12-23-25-22-24-20(13-27-22)21-16(4)10-15(3)11-17(21)5/h6-14H,1-5H3,(H,24,25)/b23-12-. The summed E-state index contributed by atoms with van der Waals surface area (Å²) < 4.78 is 5.65. The largest absolute Gasteiger partial charge is 0.491 e. The van der Waals surface area contributed by atoms with Gasteiger partial charge in [0.25, 0.3) is 0 Å². The summed E-state index contributed by atoms with van der Waals surface area (Å²) in [4.78, 5) is 4.68. The molecule has 1 heterocycles. The molecule has 0 aliphatic heterocycles. The molecule has 2 aromatic carbocycles. The molecule has 3 aromatic rings. The number of benzene rings is 2. The maximum atomic E-state index is 5.65. The number of ether oxygens (including phenoxy) is 1. The van der Waals surface area contributed by atoms with Crippen LogP contribution in [0.3, 0.4) is 0 Å². The van der Waals surface area contributed by atoms with Crippen LogP contribution in [0.25, 0.3) is 11.3 Å². The van der Waals surface area contributed by atoms with E-state index >= 15 is 0 Å². The molecule has 0 aliphatic carbocycles. The van der Waals surface area contributed by atoms with Gasteiger partial charge in [0, 0.05) is 10.9 Å². The first kappa shape index (κ1) is 19.1. The van der Waals surface area contributed by atoms with Gasteiger partial charge in [-0.2, -0.15) is 5.10 Å². The molecule has 0 atom stereocenters. The van der Waals surface area contributed by atoms with Gasteiger partial charge < -0.3 is 4.74 Å². The second-order valence-electron chi connectivity index (χ2n) is 6.92. The summed E-state index contributed by atoms with van der Waals surface area (Å²) in [5, 5.41) is 7.15. The number of hydrazone groups is 1. The molecule has 0 amide bonds. The second-order valence-corrected chi connectivity index (χ2v) is 7.78. The Hall–Kier alpha value is -2.66. The van der Waals surface area contributed by atoms with Gasteiger partial charge in [0.1, 0.15) is 5.75 Å². The SMILES string of the molecule is Cc1cc(C)c(-c2csc(N/N=C\c3ccc(OC(C)C)cc3)n2)c(C)c1. The van der Waals surface area contributed by atoms with Gasteiger partial charge in [-0.1, -0.05) is 17.7 Å². The number of aromatic nitrogens is 1. The van der Waals surface area contributed by atoms with Gasteiger partial charge in [0.05, 0.1) is 18.0 Å². The van der Waals surface area contributed by atoms with Crippen molar-refractivity contribution in [1.29, 1.82) is 0 Å². The molecule has 0 saturated carbocycles. The van der Waals surface area contributed by atoms with E-state index in [0.717, 1.165) is 22.1 Å². The fraction of sp³-hybridized carbons (Fsp3) is 0.273. The highest BCUT2D eigenvalue weighted by Gasteiger charge is 2.10. The number of thiazole rings is 1. The van der Waals surface area contributed by atoms with E-state index in [2.05, 4.69) is 53.8 Å². The number of rotatable bonds is 6. The molecule has 0 fully saturated rings. The van der Waals surface area contributed by atoms with Crippen molar-refractivity contribution in [3.05, 3.63) is 64.0 Å². The molecule has 27 heavy (non-hydrogen) atoms. The first-order valence-electron chi connectivity index (χ1n) is 9.02. The third kappa shape index (κ3) is 4.95. The monoisotopic (exact) mass is 379 g/mol. The van der Waals surface area contributed by atoms with E-state index in [1.54, 1.807) is 17.6 Å². The molecule has 3 rings (SSSR count). The molecule has 0 bridgehead atoms. The van der Waals surface area contributed by atoms with Crippen molar-refractivity contribution < 1.29 is 4.74 Å². The zero-order valence-corrected chi connectivity index (χ0v) is 17.2. The minimum Gasteiger partial charge on any atom is -0.491 e. The van der Waals surface area contributed by atoms with Crippen LogP contribution in [-0.2, 0) is 0 Å². The van der Waals surface area contributed by atoms with Crippen LogP contribution in [0.1, 0.15) is 36.1 Å². The van der Waals surface area contributed by atoms with E-state index in [1.165, 1.54) is 22.3 Å². The number of hydrogen-bond acceptors (Lipinski definition) is 5. The van der Waals surface area contributed by atoms with E-state index in [-0.39, 0.29) is 6.10 Å². The first-order chi connectivity index (χ1) is 12.9. The fourth-order valence-electron chi connectivity index (χ4n) is 3.09. The van der Waals surface area contributed by atoms with Crippen LogP contribution in [0.2, 0.25) is 0 Å². The zero-order valence-electron chi connectivity index (χ0n) is 16.4. The fourth-order valence-corrected chi connectivity index (χ4v) is 3.74. The number of nitrogens with zero attached hydrogens (tertiary/aromatic N) is 2. The Balaban J connectivity index is 1.67. The Kier molecular flexibility index (Phi) is 5.91. The molecule has 1 N–H and O–H groups in total. The number of anilines is 1. The van der Waals surface area contributed by atoms with E-state index in [0.29, 0.717) is 0 Å². The molecule has 0 radical (unpaired) electrons. The molecular weight excluding hydrogens is 354 g/mol. The van der Waals surface area contributed by atoms with Crippen LogP contribution in [0.15, 0.2) is 46.9 Å². The Morgan fingerprint density at radius 3 is 2.37 bits per heavy atom. The molecule has 0 spiro atoms. The maximum absolute atomic E-state index is 5.65. The summed E-state index contributed by atoms with van der Waals surface area (Å²) in [6.07, 6.45) is 1.95. The van der Waals surface area contributed by atoms with E-state index < -0.39 is 0 Å². The summed E-state index contributed by atoms with van der Waals surface area (Å²) in [7, 11) is 0. The average Bonchev–Trinajstić information content (AvgIpc) is 3.03. The van der Waals surface area contributed by atoms with Crippen LogP contribution in [-0.4, -0.2) is 17.3 Å². The lowest BCUT2D eigenvalue weighted by atomic mass is 9.98. The van der Waals surface area contributed by atoms with E-state index in [9.17, 15) is 0 Å². The van der Waals surface area contributed by atoms with E-state index in [1.807, 2.05) is 38.1 Å². The van der Waals surface area contributed by atoms with Gasteiger partial charge in [0.15, 0.2) is 0 Å². The van der Waals surface area contributed by atoms with Crippen LogP contribution in [0.4, 0.5) is 5.13 Å². The number of aryl methyl sites for hydroxylation is 3. The summed E-state index contributed by atoms with van der Waals surface area (Å²) in [5.74, 6) is 0.864. The normalized spacial score (nSPS) is 11.3. The maximum Gasteiger partial charge on any atom is 0.203 e. The van der Waals surface area contributed by atoms with Crippen molar-refractivity contribution in [2.45, 2.75) is 40.7 Å². The smallest absolute Gasteiger partial charge is 0.203 e. The molecule has 0 unspecified atom stereocenters. The Morgan fingerprint density at radius 1 is 1.07 bits per heavy atom. The Bertz CT molecular complexity index is 919. The lowest BCUT2D eigenvalue weighted by Crippen LogP contribution is -2.05. The number of nitrogens with one attached hydrogen (secondary N) is 1. The third-order valence-electron chi connectivity index (χ3n) is 4.06. The average molecular weight is 380 g/mol. The molecule has 140 valence electrons. The quantitative estimate of drug-likeness (QED) is 0.424. The van der Waals surface area contributed by atoms with Crippen LogP contribution in [0, 0.1) is 20.8 Å². The van der Waals surface area contributed by atoms with Crippen molar-refractivity contribution in [2.75, 3.05) is 5.43 Å². The van der Waals surface area contributed by atoms with Crippen LogP contribution < -0.4 is 10.2 Å². The van der Waals surface area contributed by atoms with Gasteiger partial charge in [-0.3, -0.25) is 5.43 Å². The lowest BCUT2D eigenvalue weighted by Gasteiger charge is -2.09. The molecule has 5 heteroatoms. The van der Waals surface area contributed by atoms with Crippen LogP contribution in [0.5, 0.6) is 5.75 Å². The molecule has 1 aromatic heterocycles. The van der Waals surface area contributed by atoms with Gasteiger partial charge in [0.2, 0.25) is 5.13 Å². The summed E-state index contributed by atoms with van der Waals surface area (Å²) in [6.45, 7) is 10.4. The molecule has 0 saturated heterocycles.